The van der Waals surface area contributed by atoms with Crippen LogP contribution >= 0.6 is 0 Å². The highest BCUT2D eigenvalue weighted by molar-refractivity contribution is 7.91. The molecule has 1 amide bonds. The van der Waals surface area contributed by atoms with Crippen LogP contribution in [0.3, 0.4) is 0 Å². The van der Waals surface area contributed by atoms with Gasteiger partial charge < -0.3 is 5.32 Å². The molecule has 0 bridgehead atoms. The van der Waals surface area contributed by atoms with Gasteiger partial charge in [-0.1, -0.05) is 36.4 Å². The lowest BCUT2D eigenvalue weighted by molar-refractivity contribution is 0.0908. The molecule has 3 aromatic rings. The minimum atomic E-state index is -3.73. The Morgan fingerprint density at radius 2 is 1.73 bits per heavy atom. The smallest absolute Gasteiger partial charge is 0.253 e. The number of carbonyl (C=O) groups is 1. The molecule has 172 valence electrons. The molecule has 0 unspecified atom stereocenters. The highest BCUT2D eigenvalue weighted by Crippen LogP contribution is 2.22. The molecule has 33 heavy (non-hydrogen) atoms. The van der Waals surface area contributed by atoms with Gasteiger partial charge >= 0.3 is 0 Å². The van der Waals surface area contributed by atoms with Gasteiger partial charge in [0.25, 0.3) is 5.91 Å². The largest absolute Gasteiger partial charge is 0.349 e. The summed E-state index contributed by atoms with van der Waals surface area (Å²) in [7, 11) is -3.73. The summed E-state index contributed by atoms with van der Waals surface area (Å²) in [5.41, 5.74) is 3.59. The zero-order valence-electron chi connectivity index (χ0n) is 19.0. The second kappa shape index (κ2) is 9.85. The monoisotopic (exact) mass is 463 g/mol. The number of sulfone groups is 1. The fourth-order valence-corrected chi connectivity index (χ4v) is 5.28. The Balaban J connectivity index is 1.34. The van der Waals surface area contributed by atoms with E-state index in [4.69, 9.17) is 0 Å². The Kier molecular flexibility index (Phi) is 6.91. The standard InChI is InChI=1S/C26H29N3O3S/c1-19-8-10-24(16-20(19)2)33(31,32)25-11-9-22(17-27-25)26(30)28-23-12-14-29(15-13-23)18-21-6-4-3-5-7-21/h3-11,16-17,23H,12-15,18H2,1-2H3,(H,28,30). The Hall–Kier alpha value is -3.03. The third-order valence-corrected chi connectivity index (χ3v) is 7.90. The second-order valence-corrected chi connectivity index (χ2v) is 10.5. The van der Waals surface area contributed by atoms with Crippen molar-refractivity contribution >= 4 is 15.7 Å². The van der Waals surface area contributed by atoms with Gasteiger partial charge in [-0.3, -0.25) is 9.69 Å². The zero-order valence-corrected chi connectivity index (χ0v) is 19.8. The number of amides is 1. The van der Waals surface area contributed by atoms with Crippen LogP contribution in [0.4, 0.5) is 0 Å². The van der Waals surface area contributed by atoms with Crippen molar-refractivity contribution in [3.05, 3.63) is 89.1 Å². The van der Waals surface area contributed by atoms with E-state index in [9.17, 15) is 13.2 Å². The number of pyridine rings is 1. The van der Waals surface area contributed by atoms with Gasteiger partial charge in [-0.05, 0) is 67.6 Å². The minimum absolute atomic E-state index is 0.0588. The van der Waals surface area contributed by atoms with E-state index in [0.717, 1.165) is 43.6 Å². The predicted octanol–water partition coefficient (Wildman–Crippen LogP) is 3.93. The van der Waals surface area contributed by atoms with Gasteiger partial charge in [0.1, 0.15) is 0 Å². The van der Waals surface area contributed by atoms with E-state index in [0.29, 0.717) is 5.56 Å². The normalized spacial score (nSPS) is 15.3. The number of nitrogens with zero attached hydrogens (tertiary/aromatic N) is 2. The molecule has 0 atom stereocenters. The Bertz CT molecular complexity index is 1220. The Morgan fingerprint density at radius 3 is 2.36 bits per heavy atom. The number of benzene rings is 2. The van der Waals surface area contributed by atoms with Crippen LogP contribution in [0.15, 0.2) is 76.8 Å². The van der Waals surface area contributed by atoms with Crippen molar-refractivity contribution in [3.63, 3.8) is 0 Å². The molecule has 2 aromatic carbocycles. The summed E-state index contributed by atoms with van der Waals surface area (Å²) in [6.45, 7) is 6.57. The quantitative estimate of drug-likeness (QED) is 0.599. The van der Waals surface area contributed by atoms with Crippen molar-refractivity contribution in [2.45, 2.75) is 49.2 Å². The molecule has 4 rings (SSSR count). The van der Waals surface area contributed by atoms with Crippen LogP contribution in [0.5, 0.6) is 0 Å². The molecule has 1 fully saturated rings. The lowest BCUT2D eigenvalue weighted by Gasteiger charge is -2.32. The average Bonchev–Trinajstić information content (AvgIpc) is 2.83. The number of carbonyl (C=O) groups excluding carboxylic acids is 1. The van der Waals surface area contributed by atoms with Crippen molar-refractivity contribution in [1.82, 2.24) is 15.2 Å². The van der Waals surface area contributed by atoms with Crippen LogP contribution in [0.1, 0.15) is 39.9 Å². The van der Waals surface area contributed by atoms with Gasteiger partial charge in [0, 0.05) is 31.9 Å². The van der Waals surface area contributed by atoms with Crippen LogP contribution in [0.2, 0.25) is 0 Å². The molecule has 0 spiro atoms. The number of hydrogen-bond acceptors (Lipinski definition) is 5. The first-order chi connectivity index (χ1) is 15.8. The molecule has 1 aliphatic heterocycles. The molecule has 1 saturated heterocycles. The third kappa shape index (κ3) is 5.49. The van der Waals surface area contributed by atoms with Gasteiger partial charge in [-0.2, -0.15) is 0 Å². The van der Waals surface area contributed by atoms with E-state index in [1.807, 2.05) is 19.9 Å². The van der Waals surface area contributed by atoms with E-state index in [2.05, 4.69) is 39.5 Å². The molecule has 0 saturated carbocycles. The zero-order chi connectivity index (χ0) is 23.4. The van der Waals surface area contributed by atoms with E-state index in [1.165, 1.54) is 23.9 Å². The summed E-state index contributed by atoms with van der Waals surface area (Å²) in [5, 5.41) is 3.01. The molecule has 2 heterocycles. The molecule has 1 N–H and O–H groups in total. The lowest BCUT2D eigenvalue weighted by Crippen LogP contribution is -2.44. The summed E-state index contributed by atoms with van der Waals surface area (Å²) < 4.78 is 25.8. The van der Waals surface area contributed by atoms with E-state index >= 15 is 0 Å². The van der Waals surface area contributed by atoms with Crippen molar-refractivity contribution in [2.75, 3.05) is 13.1 Å². The molecule has 7 heteroatoms. The van der Waals surface area contributed by atoms with Crippen molar-refractivity contribution in [2.24, 2.45) is 0 Å². The van der Waals surface area contributed by atoms with Crippen molar-refractivity contribution < 1.29 is 13.2 Å². The van der Waals surface area contributed by atoms with E-state index in [1.54, 1.807) is 18.2 Å². The molecule has 6 nitrogen and oxygen atoms in total. The maximum Gasteiger partial charge on any atom is 0.253 e. The first-order valence-corrected chi connectivity index (χ1v) is 12.7. The summed E-state index contributed by atoms with van der Waals surface area (Å²) in [6, 6.07) is 18.4. The number of aromatic nitrogens is 1. The molecule has 0 aliphatic carbocycles. The van der Waals surface area contributed by atoms with Gasteiger partial charge in [0.2, 0.25) is 9.84 Å². The van der Waals surface area contributed by atoms with Crippen molar-refractivity contribution in [1.29, 1.82) is 0 Å². The average molecular weight is 464 g/mol. The summed E-state index contributed by atoms with van der Waals surface area (Å²) in [5.74, 6) is -0.223. The van der Waals surface area contributed by atoms with Crippen LogP contribution < -0.4 is 5.32 Å². The maximum absolute atomic E-state index is 12.9. The Morgan fingerprint density at radius 1 is 1.00 bits per heavy atom. The van der Waals surface area contributed by atoms with Gasteiger partial charge in [-0.15, -0.1) is 0 Å². The number of piperidine rings is 1. The fraction of sp³-hybridized carbons (Fsp3) is 0.308. The minimum Gasteiger partial charge on any atom is -0.349 e. The van der Waals surface area contributed by atoms with Crippen LogP contribution in [0.25, 0.3) is 0 Å². The van der Waals surface area contributed by atoms with Crippen LogP contribution in [-0.4, -0.2) is 43.3 Å². The SMILES string of the molecule is Cc1ccc(S(=O)(=O)c2ccc(C(=O)NC3CCN(Cc4ccccc4)CC3)cn2)cc1C. The van der Waals surface area contributed by atoms with Crippen LogP contribution in [-0.2, 0) is 16.4 Å². The second-order valence-electron chi connectivity index (χ2n) is 8.64. The van der Waals surface area contributed by atoms with E-state index < -0.39 is 9.84 Å². The predicted molar refractivity (Wildman–Crippen MR) is 128 cm³/mol. The molecule has 1 aromatic heterocycles. The number of aryl methyl sites for hydroxylation is 2. The highest BCUT2D eigenvalue weighted by Gasteiger charge is 2.23. The number of likely N-dealkylation sites (tertiary alicyclic amines) is 1. The molecule has 1 aliphatic rings. The maximum atomic E-state index is 12.9. The van der Waals surface area contributed by atoms with Gasteiger partial charge in [0.05, 0.1) is 10.5 Å². The Labute approximate surface area is 195 Å². The topological polar surface area (TPSA) is 79.4 Å². The lowest BCUT2D eigenvalue weighted by atomic mass is 10.0. The highest BCUT2D eigenvalue weighted by atomic mass is 32.2. The molecule has 0 radical (unpaired) electrons. The fourth-order valence-electron chi connectivity index (χ4n) is 4.02. The van der Waals surface area contributed by atoms with Gasteiger partial charge in [-0.25, -0.2) is 13.4 Å². The summed E-state index contributed by atoms with van der Waals surface area (Å²) in [6.07, 6.45) is 3.10. The number of hydrogen-bond donors (Lipinski definition) is 1. The first kappa shape index (κ1) is 23.1. The van der Waals surface area contributed by atoms with Crippen LogP contribution in [0, 0.1) is 13.8 Å². The molecular weight excluding hydrogens is 434 g/mol. The summed E-state index contributed by atoms with van der Waals surface area (Å²) >= 11 is 0. The molecular formula is C26H29N3O3S. The first-order valence-electron chi connectivity index (χ1n) is 11.2. The number of nitrogens with one attached hydrogen (secondary N) is 1. The third-order valence-electron chi connectivity index (χ3n) is 6.23. The van der Waals surface area contributed by atoms with Crippen molar-refractivity contribution in [3.8, 4) is 0 Å². The van der Waals surface area contributed by atoms with Gasteiger partial charge in [0.15, 0.2) is 5.03 Å². The summed E-state index contributed by atoms with van der Waals surface area (Å²) in [4.78, 5) is 19.4. The van der Waals surface area contributed by atoms with E-state index in [-0.39, 0.29) is 21.9 Å². The number of rotatable bonds is 6.